The molecule has 4 rings (SSSR count). The number of aromatic nitrogens is 4. The molecule has 3 aromatic rings. The molecule has 1 aliphatic rings. The molecule has 146 valence electrons. The molecule has 0 amide bonds. The SMILES string of the molecule is COc1ncc(CN2CCC(Cc3cccc(-c4c(C)noc4C)n3)C2)cn1. The number of hydrogen-bond acceptors (Lipinski definition) is 7. The third kappa shape index (κ3) is 4.04. The number of pyridine rings is 1. The van der Waals surface area contributed by atoms with E-state index in [-0.39, 0.29) is 0 Å². The van der Waals surface area contributed by atoms with Gasteiger partial charge < -0.3 is 9.26 Å². The van der Waals surface area contributed by atoms with Crippen molar-refractivity contribution in [1.29, 1.82) is 0 Å². The summed E-state index contributed by atoms with van der Waals surface area (Å²) in [4.78, 5) is 15.7. The number of rotatable bonds is 6. The maximum absolute atomic E-state index is 5.29. The zero-order chi connectivity index (χ0) is 19.5. The van der Waals surface area contributed by atoms with Crippen LogP contribution in [0.5, 0.6) is 6.01 Å². The molecule has 1 unspecified atom stereocenters. The van der Waals surface area contributed by atoms with E-state index in [4.69, 9.17) is 14.2 Å². The Hall–Kier alpha value is -2.80. The Morgan fingerprint density at radius 3 is 2.75 bits per heavy atom. The minimum Gasteiger partial charge on any atom is -0.467 e. The monoisotopic (exact) mass is 379 g/mol. The van der Waals surface area contributed by atoms with Crippen LogP contribution in [0.1, 0.15) is 29.1 Å². The standard InChI is InChI=1S/C21H25N5O2/c1-14-20(15(2)28-25-14)19-6-4-5-18(24-19)9-16-7-8-26(12-16)13-17-10-22-21(27-3)23-11-17/h4-6,10-11,16H,7-9,12-13H2,1-3H3. The highest BCUT2D eigenvalue weighted by atomic mass is 16.5. The van der Waals surface area contributed by atoms with Gasteiger partial charge in [0.2, 0.25) is 0 Å². The first-order chi connectivity index (χ1) is 13.6. The largest absolute Gasteiger partial charge is 0.467 e. The van der Waals surface area contributed by atoms with Gasteiger partial charge in [-0.25, -0.2) is 9.97 Å². The lowest BCUT2D eigenvalue weighted by Gasteiger charge is -2.16. The molecule has 1 aliphatic heterocycles. The Morgan fingerprint density at radius 1 is 1.21 bits per heavy atom. The molecule has 7 heteroatoms. The summed E-state index contributed by atoms with van der Waals surface area (Å²) in [7, 11) is 1.58. The van der Waals surface area contributed by atoms with Gasteiger partial charge in [-0.15, -0.1) is 0 Å². The molecule has 7 nitrogen and oxygen atoms in total. The number of likely N-dealkylation sites (tertiary alicyclic amines) is 1. The average Bonchev–Trinajstić information content (AvgIpc) is 3.28. The Labute approximate surface area is 164 Å². The Morgan fingerprint density at radius 2 is 2.04 bits per heavy atom. The van der Waals surface area contributed by atoms with Crippen molar-refractivity contribution in [1.82, 2.24) is 25.0 Å². The summed E-state index contributed by atoms with van der Waals surface area (Å²) in [5, 5.41) is 4.05. The molecular formula is C21H25N5O2. The van der Waals surface area contributed by atoms with E-state index in [2.05, 4.69) is 32.2 Å². The fraction of sp³-hybridized carbons (Fsp3) is 0.429. The van der Waals surface area contributed by atoms with E-state index in [1.807, 2.05) is 32.3 Å². The summed E-state index contributed by atoms with van der Waals surface area (Å²) in [5.74, 6) is 1.42. The third-order valence-electron chi connectivity index (χ3n) is 5.23. The van der Waals surface area contributed by atoms with Gasteiger partial charge in [0.05, 0.1) is 24.1 Å². The maximum Gasteiger partial charge on any atom is 0.316 e. The van der Waals surface area contributed by atoms with Crippen LogP contribution in [0.2, 0.25) is 0 Å². The molecule has 1 saturated heterocycles. The second-order valence-electron chi connectivity index (χ2n) is 7.39. The van der Waals surface area contributed by atoms with Gasteiger partial charge in [0.1, 0.15) is 5.76 Å². The van der Waals surface area contributed by atoms with E-state index < -0.39 is 0 Å². The number of methoxy groups -OCH3 is 1. The van der Waals surface area contributed by atoms with Crippen LogP contribution in [0.25, 0.3) is 11.3 Å². The third-order valence-corrected chi connectivity index (χ3v) is 5.23. The van der Waals surface area contributed by atoms with Gasteiger partial charge in [0.15, 0.2) is 0 Å². The number of hydrogen-bond donors (Lipinski definition) is 0. The summed E-state index contributed by atoms with van der Waals surface area (Å²) in [6.07, 6.45) is 5.84. The first-order valence-corrected chi connectivity index (χ1v) is 9.59. The van der Waals surface area contributed by atoms with Gasteiger partial charge in [-0.05, 0) is 51.3 Å². The number of nitrogens with zero attached hydrogens (tertiary/aromatic N) is 5. The van der Waals surface area contributed by atoms with Crippen LogP contribution in [-0.2, 0) is 13.0 Å². The molecule has 4 heterocycles. The van der Waals surface area contributed by atoms with E-state index in [9.17, 15) is 0 Å². The molecule has 1 fully saturated rings. The lowest BCUT2D eigenvalue weighted by Crippen LogP contribution is -2.21. The second-order valence-corrected chi connectivity index (χ2v) is 7.39. The van der Waals surface area contributed by atoms with Crippen molar-refractivity contribution in [3.05, 3.63) is 53.3 Å². The van der Waals surface area contributed by atoms with Crippen LogP contribution in [0.3, 0.4) is 0 Å². The van der Waals surface area contributed by atoms with E-state index >= 15 is 0 Å². The van der Waals surface area contributed by atoms with Crippen molar-refractivity contribution >= 4 is 0 Å². The van der Waals surface area contributed by atoms with Gasteiger partial charge in [0, 0.05) is 36.7 Å². The summed E-state index contributed by atoms with van der Waals surface area (Å²) in [5.41, 5.74) is 5.07. The molecule has 0 aromatic carbocycles. The fourth-order valence-corrected chi connectivity index (χ4v) is 3.89. The fourth-order valence-electron chi connectivity index (χ4n) is 3.89. The van der Waals surface area contributed by atoms with Gasteiger partial charge in [-0.2, -0.15) is 0 Å². The highest BCUT2D eigenvalue weighted by Crippen LogP contribution is 2.27. The minimum absolute atomic E-state index is 0.410. The van der Waals surface area contributed by atoms with Crippen molar-refractivity contribution < 1.29 is 9.26 Å². The summed E-state index contributed by atoms with van der Waals surface area (Å²) in [6, 6.07) is 6.63. The smallest absolute Gasteiger partial charge is 0.316 e. The molecule has 0 spiro atoms. The first kappa shape index (κ1) is 18.6. The zero-order valence-corrected chi connectivity index (χ0v) is 16.6. The number of ether oxygens (including phenoxy) is 1. The van der Waals surface area contributed by atoms with Gasteiger partial charge in [0.25, 0.3) is 0 Å². The maximum atomic E-state index is 5.29. The van der Waals surface area contributed by atoms with Crippen LogP contribution in [0.15, 0.2) is 35.1 Å². The van der Waals surface area contributed by atoms with Crippen LogP contribution in [-0.4, -0.2) is 45.2 Å². The van der Waals surface area contributed by atoms with Crippen LogP contribution >= 0.6 is 0 Å². The predicted molar refractivity (Wildman–Crippen MR) is 105 cm³/mol. The second kappa shape index (κ2) is 8.06. The van der Waals surface area contributed by atoms with Crippen molar-refractivity contribution in [3.63, 3.8) is 0 Å². The van der Waals surface area contributed by atoms with Crippen molar-refractivity contribution in [3.8, 4) is 17.3 Å². The minimum atomic E-state index is 0.410. The highest BCUT2D eigenvalue weighted by molar-refractivity contribution is 5.63. The van der Waals surface area contributed by atoms with Crippen LogP contribution in [0, 0.1) is 19.8 Å². The molecule has 0 N–H and O–H groups in total. The Bertz CT molecular complexity index is 919. The summed E-state index contributed by atoms with van der Waals surface area (Å²) >= 11 is 0. The van der Waals surface area contributed by atoms with Crippen molar-refractivity contribution in [2.75, 3.05) is 20.2 Å². The predicted octanol–water partition coefficient (Wildman–Crippen LogP) is 3.22. The topological polar surface area (TPSA) is 77.2 Å². The first-order valence-electron chi connectivity index (χ1n) is 9.59. The summed E-state index contributed by atoms with van der Waals surface area (Å²) in [6.45, 7) is 6.90. The molecule has 0 saturated carbocycles. The highest BCUT2D eigenvalue weighted by Gasteiger charge is 2.23. The van der Waals surface area contributed by atoms with E-state index in [1.165, 1.54) is 6.42 Å². The molecule has 3 aromatic heterocycles. The van der Waals surface area contributed by atoms with Gasteiger partial charge in [-0.1, -0.05) is 11.2 Å². The molecular weight excluding hydrogens is 354 g/mol. The zero-order valence-electron chi connectivity index (χ0n) is 16.6. The lowest BCUT2D eigenvalue weighted by atomic mass is 10.0. The summed E-state index contributed by atoms with van der Waals surface area (Å²) < 4.78 is 10.3. The molecule has 28 heavy (non-hydrogen) atoms. The molecule has 0 aliphatic carbocycles. The van der Waals surface area contributed by atoms with Gasteiger partial charge in [-0.3, -0.25) is 9.88 Å². The van der Waals surface area contributed by atoms with Crippen molar-refractivity contribution in [2.45, 2.75) is 33.2 Å². The van der Waals surface area contributed by atoms with E-state index in [1.54, 1.807) is 7.11 Å². The van der Waals surface area contributed by atoms with E-state index in [0.717, 1.165) is 60.0 Å². The van der Waals surface area contributed by atoms with Crippen LogP contribution in [0.4, 0.5) is 0 Å². The lowest BCUT2D eigenvalue weighted by molar-refractivity contribution is 0.314. The van der Waals surface area contributed by atoms with Crippen LogP contribution < -0.4 is 4.74 Å². The molecule has 0 bridgehead atoms. The molecule has 0 radical (unpaired) electrons. The Kier molecular flexibility index (Phi) is 5.34. The Balaban J connectivity index is 1.38. The van der Waals surface area contributed by atoms with Crippen molar-refractivity contribution in [2.24, 2.45) is 5.92 Å². The van der Waals surface area contributed by atoms with E-state index in [0.29, 0.717) is 11.9 Å². The number of aryl methyl sites for hydroxylation is 2. The quantitative estimate of drug-likeness (QED) is 0.651. The molecule has 1 atom stereocenters. The normalized spacial score (nSPS) is 17.2. The van der Waals surface area contributed by atoms with Gasteiger partial charge >= 0.3 is 6.01 Å². The average molecular weight is 379 g/mol.